The molecule has 0 bridgehead atoms. The lowest BCUT2D eigenvalue weighted by Gasteiger charge is -2.14. The van der Waals surface area contributed by atoms with Crippen LogP contribution in [0, 0.1) is 0 Å². The van der Waals surface area contributed by atoms with Gasteiger partial charge in [0.1, 0.15) is 5.69 Å². The molecule has 15 heavy (non-hydrogen) atoms. The van der Waals surface area contributed by atoms with E-state index < -0.39 is 0 Å². The molecule has 1 N–H and O–H groups in total. The molecule has 1 aromatic heterocycles. The number of fused-ring (bicyclic) bond motifs is 3. The summed E-state index contributed by atoms with van der Waals surface area (Å²) in [5.74, 6) is -0.281. The predicted octanol–water partition coefficient (Wildman–Crippen LogP) is 1.02. The summed E-state index contributed by atoms with van der Waals surface area (Å²) in [5, 5.41) is 3.45. The van der Waals surface area contributed by atoms with Gasteiger partial charge in [-0.2, -0.15) is 0 Å². The fourth-order valence-corrected chi connectivity index (χ4v) is 1.92. The Hall–Kier alpha value is -2.10. The van der Waals surface area contributed by atoms with Crippen molar-refractivity contribution in [3.8, 4) is 0 Å². The van der Waals surface area contributed by atoms with Crippen molar-refractivity contribution >= 4 is 22.7 Å². The number of nitrogens with one attached hydrogen (secondary N) is 1. The summed E-state index contributed by atoms with van der Waals surface area (Å²) in [6, 6.07) is 9.21. The SMILES string of the molecule is O=C1NCC(=O)n2c1cc1ccccc12. The number of hydrogen-bond acceptors (Lipinski definition) is 2. The van der Waals surface area contributed by atoms with Crippen molar-refractivity contribution in [3.63, 3.8) is 0 Å². The smallest absolute Gasteiger partial charge is 0.268 e. The van der Waals surface area contributed by atoms with E-state index in [9.17, 15) is 9.59 Å². The zero-order valence-corrected chi connectivity index (χ0v) is 7.86. The van der Waals surface area contributed by atoms with Crippen LogP contribution in [0.2, 0.25) is 0 Å². The minimum absolute atomic E-state index is 0.0739. The van der Waals surface area contributed by atoms with Crippen molar-refractivity contribution in [3.05, 3.63) is 36.0 Å². The van der Waals surface area contributed by atoms with E-state index in [1.165, 1.54) is 4.57 Å². The van der Waals surface area contributed by atoms with Gasteiger partial charge >= 0.3 is 0 Å². The Morgan fingerprint density at radius 1 is 1.20 bits per heavy atom. The Balaban J connectivity index is 2.44. The molecule has 4 heteroatoms. The number of rotatable bonds is 0. The van der Waals surface area contributed by atoms with Crippen LogP contribution in [0.1, 0.15) is 15.3 Å². The third-order valence-corrected chi connectivity index (χ3v) is 2.59. The highest BCUT2D eigenvalue weighted by Gasteiger charge is 2.24. The highest BCUT2D eigenvalue weighted by molar-refractivity contribution is 6.09. The second-order valence-corrected chi connectivity index (χ2v) is 3.50. The first-order chi connectivity index (χ1) is 7.27. The zero-order chi connectivity index (χ0) is 10.4. The van der Waals surface area contributed by atoms with Crippen molar-refractivity contribution in [2.24, 2.45) is 0 Å². The minimum atomic E-state index is -0.189. The van der Waals surface area contributed by atoms with Crippen molar-refractivity contribution in [1.82, 2.24) is 9.88 Å². The van der Waals surface area contributed by atoms with Crippen LogP contribution in [0.4, 0.5) is 0 Å². The Morgan fingerprint density at radius 3 is 2.87 bits per heavy atom. The van der Waals surface area contributed by atoms with E-state index in [1.807, 2.05) is 24.3 Å². The standard InChI is InChI=1S/C11H8N2O2/c14-10-6-12-11(15)9-5-7-3-1-2-4-8(7)13(9)10/h1-5H,6H2,(H,12,15). The highest BCUT2D eigenvalue weighted by atomic mass is 16.2. The lowest BCUT2D eigenvalue weighted by molar-refractivity contribution is 0.0814. The van der Waals surface area contributed by atoms with E-state index in [1.54, 1.807) is 6.07 Å². The lowest BCUT2D eigenvalue weighted by Crippen LogP contribution is -2.40. The average molecular weight is 200 g/mol. The molecule has 1 aliphatic heterocycles. The van der Waals surface area contributed by atoms with Gasteiger partial charge in [-0.05, 0) is 12.1 Å². The van der Waals surface area contributed by atoms with Gasteiger partial charge in [-0.15, -0.1) is 0 Å². The van der Waals surface area contributed by atoms with Crippen LogP contribution < -0.4 is 5.32 Å². The molecule has 1 amide bonds. The van der Waals surface area contributed by atoms with Crippen LogP contribution in [-0.2, 0) is 0 Å². The van der Waals surface area contributed by atoms with E-state index >= 15 is 0 Å². The van der Waals surface area contributed by atoms with Gasteiger partial charge in [0.25, 0.3) is 11.8 Å². The fraction of sp³-hybridized carbons (Fsp3) is 0.0909. The van der Waals surface area contributed by atoms with E-state index in [2.05, 4.69) is 5.32 Å². The third kappa shape index (κ3) is 1.01. The van der Waals surface area contributed by atoms with E-state index in [4.69, 9.17) is 0 Å². The number of aromatic nitrogens is 1. The average Bonchev–Trinajstić information content (AvgIpc) is 2.64. The molecule has 1 aromatic carbocycles. The first kappa shape index (κ1) is 8.23. The van der Waals surface area contributed by atoms with Gasteiger partial charge in [0.05, 0.1) is 12.1 Å². The van der Waals surface area contributed by atoms with Crippen LogP contribution in [0.3, 0.4) is 0 Å². The molecule has 0 saturated heterocycles. The van der Waals surface area contributed by atoms with Gasteiger partial charge in [-0.25, -0.2) is 0 Å². The molecule has 74 valence electrons. The maximum Gasteiger partial charge on any atom is 0.268 e. The van der Waals surface area contributed by atoms with Crippen molar-refractivity contribution in [2.75, 3.05) is 6.54 Å². The monoisotopic (exact) mass is 200 g/mol. The maximum absolute atomic E-state index is 11.7. The summed E-state index contributed by atoms with van der Waals surface area (Å²) < 4.78 is 1.48. The molecule has 0 aliphatic carbocycles. The third-order valence-electron chi connectivity index (χ3n) is 2.59. The van der Waals surface area contributed by atoms with Crippen LogP contribution >= 0.6 is 0 Å². The molecule has 0 spiro atoms. The molecule has 1 aliphatic rings. The van der Waals surface area contributed by atoms with Crippen molar-refractivity contribution < 1.29 is 9.59 Å². The molecule has 4 nitrogen and oxygen atoms in total. The number of amides is 1. The molecule has 0 saturated carbocycles. The molecule has 3 rings (SSSR count). The molecule has 0 fully saturated rings. The van der Waals surface area contributed by atoms with Gasteiger partial charge in [0.15, 0.2) is 0 Å². The topological polar surface area (TPSA) is 51.1 Å². The summed E-state index contributed by atoms with van der Waals surface area (Å²) in [6.45, 7) is 0.0739. The number of carbonyl (C=O) groups is 2. The molecule has 0 unspecified atom stereocenters. The molecule has 0 radical (unpaired) electrons. The molecule has 2 heterocycles. The lowest BCUT2D eigenvalue weighted by atomic mass is 10.2. The number of para-hydroxylation sites is 1. The largest absolute Gasteiger partial charge is 0.342 e. The van der Waals surface area contributed by atoms with E-state index in [-0.39, 0.29) is 18.4 Å². The molecular weight excluding hydrogens is 192 g/mol. The second-order valence-electron chi connectivity index (χ2n) is 3.50. The van der Waals surface area contributed by atoms with Crippen molar-refractivity contribution in [2.45, 2.75) is 0 Å². The zero-order valence-electron chi connectivity index (χ0n) is 7.86. The fourth-order valence-electron chi connectivity index (χ4n) is 1.92. The maximum atomic E-state index is 11.7. The number of hydrogen-bond donors (Lipinski definition) is 1. The molecular formula is C11H8N2O2. The Labute approximate surface area is 85.5 Å². The Morgan fingerprint density at radius 2 is 2.00 bits per heavy atom. The van der Waals surface area contributed by atoms with Gasteiger partial charge in [-0.3, -0.25) is 14.2 Å². The van der Waals surface area contributed by atoms with Crippen molar-refractivity contribution in [1.29, 1.82) is 0 Å². The van der Waals surface area contributed by atoms with Gasteiger partial charge < -0.3 is 5.32 Å². The van der Waals surface area contributed by atoms with Crippen LogP contribution in [0.15, 0.2) is 30.3 Å². The van der Waals surface area contributed by atoms with Crippen LogP contribution in [0.25, 0.3) is 10.9 Å². The summed E-state index contributed by atoms with van der Waals surface area (Å²) >= 11 is 0. The number of nitrogens with zero attached hydrogens (tertiary/aromatic N) is 1. The first-order valence-electron chi connectivity index (χ1n) is 4.69. The van der Waals surface area contributed by atoms with E-state index in [0.29, 0.717) is 5.69 Å². The molecule has 0 atom stereocenters. The summed E-state index contributed by atoms with van der Waals surface area (Å²) in [7, 11) is 0. The Bertz CT molecular complexity index is 583. The molecule has 2 aromatic rings. The van der Waals surface area contributed by atoms with Gasteiger partial charge in [0, 0.05) is 5.39 Å². The van der Waals surface area contributed by atoms with Crippen LogP contribution in [-0.4, -0.2) is 22.9 Å². The summed E-state index contributed by atoms with van der Waals surface area (Å²) in [6.07, 6.45) is 0. The number of benzene rings is 1. The summed E-state index contributed by atoms with van der Waals surface area (Å²) in [5.41, 5.74) is 1.22. The van der Waals surface area contributed by atoms with Crippen LogP contribution in [0.5, 0.6) is 0 Å². The first-order valence-corrected chi connectivity index (χ1v) is 4.69. The van der Waals surface area contributed by atoms with Gasteiger partial charge in [-0.1, -0.05) is 18.2 Å². The second kappa shape index (κ2) is 2.70. The quantitative estimate of drug-likeness (QED) is 0.690. The van der Waals surface area contributed by atoms with Gasteiger partial charge in [0.2, 0.25) is 0 Å². The Kier molecular flexibility index (Phi) is 1.48. The summed E-state index contributed by atoms with van der Waals surface area (Å²) in [4.78, 5) is 23.2. The normalized spacial score (nSPS) is 15.2. The number of carbonyl (C=O) groups excluding carboxylic acids is 2. The van der Waals surface area contributed by atoms with E-state index in [0.717, 1.165) is 10.9 Å². The predicted molar refractivity (Wildman–Crippen MR) is 54.9 cm³/mol. The highest BCUT2D eigenvalue weighted by Crippen LogP contribution is 2.20. The minimum Gasteiger partial charge on any atom is -0.342 e.